The van der Waals surface area contributed by atoms with Crippen LogP contribution in [-0.2, 0) is 0 Å². The SMILES string of the molecule is c1ccc(-c2ccc(N(c3ccc(-c4cccc(-c5ccccc5)c4)cc3)c3cccc4c3sc3c4ccc4oc5c6ccccc6ccc5c43)cc2)cc1. The topological polar surface area (TPSA) is 16.4 Å². The number of nitrogens with zero attached hydrogens (tertiary/aromatic N) is 1. The van der Waals surface area contributed by atoms with Gasteiger partial charge in [0.05, 0.1) is 10.4 Å². The summed E-state index contributed by atoms with van der Waals surface area (Å²) in [5.41, 5.74) is 12.4. The minimum absolute atomic E-state index is 0.923. The Labute approximate surface area is 322 Å². The van der Waals surface area contributed by atoms with Crippen LogP contribution in [-0.4, -0.2) is 0 Å². The van der Waals surface area contributed by atoms with Crippen molar-refractivity contribution in [3.8, 4) is 33.4 Å². The van der Waals surface area contributed by atoms with E-state index in [2.05, 4.69) is 205 Å². The summed E-state index contributed by atoms with van der Waals surface area (Å²) in [7, 11) is 0. The number of thiophene rings is 1. The van der Waals surface area contributed by atoms with E-state index in [1.54, 1.807) is 0 Å². The second-order valence-corrected chi connectivity index (χ2v) is 15.1. The average molecular weight is 720 g/mol. The molecule has 55 heavy (non-hydrogen) atoms. The lowest BCUT2D eigenvalue weighted by Crippen LogP contribution is -2.10. The first-order chi connectivity index (χ1) is 27.3. The Balaban J connectivity index is 1.08. The van der Waals surface area contributed by atoms with Gasteiger partial charge in [-0.2, -0.15) is 0 Å². The molecule has 2 nitrogen and oxygen atoms in total. The van der Waals surface area contributed by atoms with E-state index in [9.17, 15) is 0 Å². The van der Waals surface area contributed by atoms with E-state index >= 15 is 0 Å². The number of hydrogen-bond donors (Lipinski definition) is 0. The first-order valence-corrected chi connectivity index (χ1v) is 19.5. The molecule has 11 rings (SSSR count). The molecule has 11 aromatic rings. The molecule has 0 spiro atoms. The molecule has 0 bridgehead atoms. The highest BCUT2D eigenvalue weighted by atomic mass is 32.1. The molecule has 258 valence electrons. The van der Waals surface area contributed by atoms with Crippen LogP contribution in [0.3, 0.4) is 0 Å². The summed E-state index contributed by atoms with van der Waals surface area (Å²) in [5, 5.41) is 7.17. The van der Waals surface area contributed by atoms with E-state index < -0.39 is 0 Å². The summed E-state index contributed by atoms with van der Waals surface area (Å²) < 4.78 is 9.10. The normalized spacial score (nSPS) is 11.6. The molecular formula is C52H33NOS. The predicted molar refractivity (Wildman–Crippen MR) is 235 cm³/mol. The molecule has 0 aliphatic rings. The van der Waals surface area contributed by atoms with Gasteiger partial charge in [-0.05, 0) is 93.4 Å². The Bertz CT molecular complexity index is 3180. The van der Waals surface area contributed by atoms with Gasteiger partial charge in [0, 0.05) is 43.0 Å². The fraction of sp³-hybridized carbons (Fsp3) is 0. The lowest BCUT2D eigenvalue weighted by Gasteiger charge is -2.26. The average Bonchev–Trinajstić information content (AvgIpc) is 3.84. The first kappa shape index (κ1) is 31.6. The van der Waals surface area contributed by atoms with Crippen LogP contribution in [0.1, 0.15) is 0 Å². The van der Waals surface area contributed by atoms with Crippen molar-refractivity contribution in [3.05, 3.63) is 200 Å². The molecule has 0 radical (unpaired) electrons. The number of hydrogen-bond acceptors (Lipinski definition) is 3. The quantitative estimate of drug-likeness (QED) is 0.170. The van der Waals surface area contributed by atoms with Crippen molar-refractivity contribution in [2.24, 2.45) is 0 Å². The van der Waals surface area contributed by atoms with E-state index in [4.69, 9.17) is 4.42 Å². The molecule has 0 amide bonds. The Morgan fingerprint density at radius 2 is 0.891 bits per heavy atom. The minimum Gasteiger partial charge on any atom is -0.455 e. The maximum absolute atomic E-state index is 6.61. The van der Waals surface area contributed by atoms with Crippen LogP contribution in [0.15, 0.2) is 205 Å². The minimum atomic E-state index is 0.923. The van der Waals surface area contributed by atoms with Crippen LogP contribution in [0, 0.1) is 0 Å². The molecule has 2 aromatic heterocycles. The maximum atomic E-state index is 6.61. The van der Waals surface area contributed by atoms with Gasteiger partial charge in [-0.3, -0.25) is 0 Å². The van der Waals surface area contributed by atoms with E-state index in [1.165, 1.54) is 64.3 Å². The summed E-state index contributed by atoms with van der Waals surface area (Å²) in [4.78, 5) is 2.41. The van der Waals surface area contributed by atoms with Gasteiger partial charge < -0.3 is 9.32 Å². The molecule has 0 aliphatic carbocycles. The largest absolute Gasteiger partial charge is 0.455 e. The molecule has 0 N–H and O–H groups in total. The van der Waals surface area contributed by atoms with Crippen LogP contribution in [0.2, 0.25) is 0 Å². The van der Waals surface area contributed by atoms with Gasteiger partial charge in [0.2, 0.25) is 0 Å². The van der Waals surface area contributed by atoms with Crippen molar-refractivity contribution in [2.75, 3.05) is 4.90 Å². The van der Waals surface area contributed by atoms with E-state index in [0.717, 1.165) is 39.0 Å². The fourth-order valence-corrected chi connectivity index (χ4v) is 9.53. The number of furan rings is 1. The fourth-order valence-electron chi connectivity index (χ4n) is 8.18. The third kappa shape index (κ3) is 5.32. The summed E-state index contributed by atoms with van der Waals surface area (Å²) >= 11 is 1.86. The van der Waals surface area contributed by atoms with Crippen molar-refractivity contribution >= 4 is 81.3 Å². The van der Waals surface area contributed by atoms with E-state index in [-0.39, 0.29) is 0 Å². The predicted octanol–water partition coefficient (Wildman–Crippen LogP) is 15.6. The van der Waals surface area contributed by atoms with E-state index in [1.807, 2.05) is 11.3 Å². The number of benzene rings is 9. The third-order valence-electron chi connectivity index (χ3n) is 10.9. The zero-order chi connectivity index (χ0) is 36.3. The van der Waals surface area contributed by atoms with Gasteiger partial charge in [-0.15, -0.1) is 11.3 Å². The highest BCUT2D eigenvalue weighted by molar-refractivity contribution is 7.27. The molecule has 9 aromatic carbocycles. The van der Waals surface area contributed by atoms with Crippen LogP contribution >= 0.6 is 11.3 Å². The monoisotopic (exact) mass is 719 g/mol. The Morgan fingerprint density at radius 1 is 0.364 bits per heavy atom. The maximum Gasteiger partial charge on any atom is 0.143 e. The third-order valence-corrected chi connectivity index (χ3v) is 12.1. The van der Waals surface area contributed by atoms with Gasteiger partial charge in [0.1, 0.15) is 11.2 Å². The van der Waals surface area contributed by atoms with Gasteiger partial charge in [0.15, 0.2) is 0 Å². The summed E-state index contributed by atoms with van der Waals surface area (Å²) in [6.07, 6.45) is 0. The molecule has 0 saturated carbocycles. The number of fused-ring (bicyclic) bond motifs is 9. The molecule has 0 fully saturated rings. The first-order valence-electron chi connectivity index (χ1n) is 18.7. The lowest BCUT2D eigenvalue weighted by molar-refractivity contribution is 0.673. The summed E-state index contributed by atoms with van der Waals surface area (Å²) in [6, 6.07) is 72.0. The highest BCUT2D eigenvalue weighted by Crippen LogP contribution is 2.49. The second-order valence-electron chi connectivity index (χ2n) is 14.1. The van der Waals surface area contributed by atoms with Crippen LogP contribution in [0.4, 0.5) is 17.1 Å². The summed E-state index contributed by atoms with van der Waals surface area (Å²) in [5.74, 6) is 0. The molecule has 2 heterocycles. The van der Waals surface area contributed by atoms with Crippen molar-refractivity contribution < 1.29 is 4.42 Å². The van der Waals surface area contributed by atoms with Crippen molar-refractivity contribution in [1.29, 1.82) is 0 Å². The zero-order valence-corrected chi connectivity index (χ0v) is 30.6. The smallest absolute Gasteiger partial charge is 0.143 e. The van der Waals surface area contributed by atoms with Gasteiger partial charge in [-0.1, -0.05) is 146 Å². The van der Waals surface area contributed by atoms with Crippen LogP contribution in [0.5, 0.6) is 0 Å². The van der Waals surface area contributed by atoms with Gasteiger partial charge in [-0.25, -0.2) is 0 Å². The van der Waals surface area contributed by atoms with Crippen molar-refractivity contribution in [2.45, 2.75) is 0 Å². The number of rotatable bonds is 6. The highest BCUT2D eigenvalue weighted by Gasteiger charge is 2.21. The Morgan fingerprint density at radius 3 is 1.60 bits per heavy atom. The molecule has 0 saturated heterocycles. The molecule has 0 atom stereocenters. The number of anilines is 3. The molecule has 3 heteroatoms. The standard InChI is InChI=1S/C52H33NOS/c1-3-11-34(12-4-1)36-21-26-41(27-22-36)53(42-28-23-37(24-29-42)40-17-9-16-39(33-40)35-13-5-2-6-14-35)47-20-10-19-44-45-31-32-48-49(52(45)55-51(44)47)46-30-25-38-15-7-8-18-43(38)50(46)54-48/h1-33H. The molecular weight excluding hydrogens is 687 g/mol. The Hall–Kier alpha value is -6.94. The van der Waals surface area contributed by atoms with Gasteiger partial charge >= 0.3 is 0 Å². The molecule has 0 unspecified atom stereocenters. The summed E-state index contributed by atoms with van der Waals surface area (Å²) in [6.45, 7) is 0. The van der Waals surface area contributed by atoms with Crippen molar-refractivity contribution in [1.82, 2.24) is 0 Å². The van der Waals surface area contributed by atoms with E-state index in [0.29, 0.717) is 0 Å². The second kappa shape index (κ2) is 12.9. The van der Waals surface area contributed by atoms with Crippen molar-refractivity contribution in [3.63, 3.8) is 0 Å². The molecule has 0 aliphatic heterocycles. The van der Waals surface area contributed by atoms with Crippen LogP contribution in [0.25, 0.3) is 86.3 Å². The van der Waals surface area contributed by atoms with Crippen LogP contribution < -0.4 is 4.90 Å². The lowest BCUT2D eigenvalue weighted by atomic mass is 9.99. The van der Waals surface area contributed by atoms with Gasteiger partial charge in [0.25, 0.3) is 0 Å². The zero-order valence-electron chi connectivity index (χ0n) is 29.8. The Kier molecular flexibility index (Phi) is 7.39.